The molecule has 0 fully saturated rings. The average Bonchev–Trinajstić information content (AvgIpc) is 2.54. The van der Waals surface area contributed by atoms with Crippen molar-refractivity contribution in [2.24, 2.45) is 0 Å². The second-order valence-corrected chi connectivity index (χ2v) is 19.4. The summed E-state index contributed by atoms with van der Waals surface area (Å²) in [5.74, 6) is 0. The van der Waals surface area contributed by atoms with Crippen LogP contribution in [0.1, 0.15) is 0 Å². The first-order valence-electron chi connectivity index (χ1n) is 8.84. The molecule has 136 valence electrons. The molecule has 0 saturated heterocycles. The zero-order valence-corrected chi connectivity index (χ0v) is 20.6. The van der Waals surface area contributed by atoms with Gasteiger partial charge in [-0.2, -0.15) is 0 Å². The molecule has 0 heterocycles. The average molecular weight is 407 g/mol. The van der Waals surface area contributed by atoms with Gasteiger partial charge in [-0.3, -0.25) is 0 Å². The molecule has 0 amide bonds. The van der Waals surface area contributed by atoms with Gasteiger partial charge in [0.1, 0.15) is 9.76 Å². The van der Waals surface area contributed by atoms with Gasteiger partial charge in [-0.25, -0.2) is 0 Å². The van der Waals surface area contributed by atoms with Crippen molar-refractivity contribution in [1.29, 1.82) is 0 Å². The third kappa shape index (κ3) is 5.58. The van der Waals surface area contributed by atoms with Gasteiger partial charge in [0.25, 0.3) is 0 Å². The van der Waals surface area contributed by atoms with Gasteiger partial charge in [0.2, 0.25) is 8.32 Å². The van der Waals surface area contributed by atoms with Crippen molar-refractivity contribution in [2.45, 2.75) is 39.3 Å². The molecule has 0 aliphatic rings. The Morgan fingerprint density at radius 1 is 0.640 bits per heavy atom. The molecule has 7 heteroatoms. The minimum absolute atomic E-state index is 0.488. The van der Waals surface area contributed by atoms with Gasteiger partial charge in [0.05, 0.1) is 0 Å². The second kappa shape index (κ2) is 8.25. The monoisotopic (exact) mass is 406 g/mol. The molecule has 0 bridgehead atoms. The SMILES string of the molecule is C[SiH2]O[Si](C)(C)O[Si](C)(C)O[Si](C)(c1ccccc1)c1ccccc1. The summed E-state index contributed by atoms with van der Waals surface area (Å²) in [6, 6.07) is 21.2. The van der Waals surface area contributed by atoms with Crippen molar-refractivity contribution in [2.75, 3.05) is 0 Å². The van der Waals surface area contributed by atoms with Gasteiger partial charge in [-0.05, 0) is 43.1 Å². The number of benzene rings is 2. The molecule has 0 N–H and O–H groups in total. The van der Waals surface area contributed by atoms with E-state index in [1.54, 1.807) is 0 Å². The zero-order valence-electron chi connectivity index (χ0n) is 16.2. The number of hydrogen-bond acceptors (Lipinski definition) is 3. The first-order chi connectivity index (χ1) is 11.7. The predicted octanol–water partition coefficient (Wildman–Crippen LogP) is 2.96. The molecule has 2 aromatic carbocycles. The van der Waals surface area contributed by atoms with E-state index < -0.39 is 35.2 Å². The summed E-state index contributed by atoms with van der Waals surface area (Å²) in [5.41, 5.74) is 0. The molecule has 2 rings (SSSR count). The number of rotatable bonds is 8. The highest BCUT2D eigenvalue weighted by Gasteiger charge is 2.44. The van der Waals surface area contributed by atoms with Crippen LogP contribution in [0.5, 0.6) is 0 Å². The first-order valence-corrected chi connectivity index (χ1v) is 18.9. The van der Waals surface area contributed by atoms with Crippen LogP contribution in [0.3, 0.4) is 0 Å². The van der Waals surface area contributed by atoms with E-state index in [1.807, 2.05) is 0 Å². The molecule has 0 unspecified atom stereocenters. The summed E-state index contributed by atoms with van der Waals surface area (Å²) >= 11 is 0. The standard InChI is InChI=1S/C18H30O3Si4/c1-22-19-23(2,3)20-24(4,5)21-25(6,17-13-9-7-10-14-17)18-15-11-8-12-16-18/h7-16H,22H2,1-6H3. The van der Waals surface area contributed by atoms with E-state index in [-0.39, 0.29) is 0 Å². The molecule has 0 saturated carbocycles. The zero-order chi connectivity index (χ0) is 18.6. The molecule has 3 nitrogen and oxygen atoms in total. The van der Waals surface area contributed by atoms with Crippen LogP contribution in [0.2, 0.25) is 39.3 Å². The normalized spacial score (nSPS) is 13.5. The van der Waals surface area contributed by atoms with Crippen molar-refractivity contribution < 1.29 is 12.3 Å². The van der Waals surface area contributed by atoms with E-state index in [1.165, 1.54) is 10.4 Å². The van der Waals surface area contributed by atoms with Crippen LogP contribution >= 0.6 is 0 Å². The fourth-order valence-electron chi connectivity index (χ4n) is 3.28. The molecule has 0 radical (unpaired) electrons. The lowest BCUT2D eigenvalue weighted by Gasteiger charge is -2.40. The second-order valence-electron chi connectivity index (χ2n) is 7.20. The Balaban J connectivity index is 2.37. The summed E-state index contributed by atoms with van der Waals surface area (Å²) in [6.45, 7) is 13.0. The largest absolute Gasteiger partial charge is 0.442 e. The highest BCUT2D eigenvalue weighted by atomic mass is 28.5. The summed E-state index contributed by atoms with van der Waals surface area (Å²) in [4.78, 5) is 0. The summed E-state index contributed by atoms with van der Waals surface area (Å²) in [5, 5.41) is 2.55. The third-order valence-corrected chi connectivity index (χ3v) is 18.4. The Morgan fingerprint density at radius 2 is 1.08 bits per heavy atom. The van der Waals surface area contributed by atoms with Crippen LogP contribution in [0.25, 0.3) is 0 Å². The van der Waals surface area contributed by atoms with Gasteiger partial charge < -0.3 is 12.3 Å². The van der Waals surface area contributed by atoms with Crippen LogP contribution in [0.4, 0.5) is 0 Å². The van der Waals surface area contributed by atoms with Gasteiger partial charge in [0.15, 0.2) is 0 Å². The van der Waals surface area contributed by atoms with Crippen LogP contribution in [0.15, 0.2) is 60.7 Å². The van der Waals surface area contributed by atoms with Crippen molar-refractivity contribution in [1.82, 2.24) is 0 Å². The van der Waals surface area contributed by atoms with Crippen LogP contribution in [0, 0.1) is 0 Å². The van der Waals surface area contributed by atoms with Gasteiger partial charge >= 0.3 is 17.1 Å². The Labute approximate surface area is 157 Å². The molecular formula is C18H30O3Si4. The molecular weight excluding hydrogens is 377 g/mol. The topological polar surface area (TPSA) is 27.7 Å². The van der Waals surface area contributed by atoms with E-state index in [2.05, 4.69) is 99.9 Å². The van der Waals surface area contributed by atoms with Gasteiger partial charge in [0, 0.05) is 0 Å². The molecule has 0 aromatic heterocycles. The maximum Gasteiger partial charge on any atom is 0.313 e. The molecule has 0 aliphatic heterocycles. The molecule has 0 atom stereocenters. The van der Waals surface area contributed by atoms with Crippen molar-refractivity contribution >= 4 is 45.6 Å². The van der Waals surface area contributed by atoms with Crippen LogP contribution in [-0.4, -0.2) is 35.2 Å². The van der Waals surface area contributed by atoms with Crippen molar-refractivity contribution in [3.05, 3.63) is 60.7 Å². The van der Waals surface area contributed by atoms with E-state index in [9.17, 15) is 0 Å². The quantitative estimate of drug-likeness (QED) is 0.631. The Hall–Kier alpha value is -0.812. The molecule has 2 aromatic rings. The Bertz CT molecular complexity index is 623. The Kier molecular flexibility index (Phi) is 6.77. The van der Waals surface area contributed by atoms with Crippen LogP contribution < -0.4 is 10.4 Å². The van der Waals surface area contributed by atoms with E-state index in [0.717, 1.165) is 0 Å². The minimum atomic E-state index is -2.36. The fraction of sp³-hybridized carbons (Fsp3) is 0.333. The Morgan fingerprint density at radius 3 is 1.48 bits per heavy atom. The van der Waals surface area contributed by atoms with E-state index in [4.69, 9.17) is 12.3 Å². The van der Waals surface area contributed by atoms with Gasteiger partial charge in [-0.1, -0.05) is 67.2 Å². The third-order valence-electron chi connectivity index (χ3n) is 4.08. The molecule has 0 aliphatic carbocycles. The smallest absolute Gasteiger partial charge is 0.313 e. The predicted molar refractivity (Wildman–Crippen MR) is 116 cm³/mol. The minimum Gasteiger partial charge on any atom is -0.442 e. The molecule has 0 spiro atoms. The van der Waals surface area contributed by atoms with Gasteiger partial charge in [-0.15, -0.1) is 0 Å². The lowest BCUT2D eigenvalue weighted by atomic mass is 10.4. The lowest BCUT2D eigenvalue weighted by molar-refractivity contribution is 0.341. The van der Waals surface area contributed by atoms with E-state index >= 15 is 0 Å². The lowest BCUT2D eigenvalue weighted by Crippen LogP contribution is -2.65. The summed E-state index contributed by atoms with van der Waals surface area (Å²) in [6.07, 6.45) is 0. The highest BCUT2D eigenvalue weighted by Crippen LogP contribution is 2.21. The van der Waals surface area contributed by atoms with E-state index in [0.29, 0.717) is 0 Å². The summed E-state index contributed by atoms with van der Waals surface area (Å²) in [7, 11) is -7.31. The van der Waals surface area contributed by atoms with Crippen molar-refractivity contribution in [3.8, 4) is 0 Å². The summed E-state index contributed by atoms with van der Waals surface area (Å²) < 4.78 is 19.4. The molecule has 25 heavy (non-hydrogen) atoms. The van der Waals surface area contributed by atoms with Crippen molar-refractivity contribution in [3.63, 3.8) is 0 Å². The number of hydrogen-bond donors (Lipinski definition) is 0. The highest BCUT2D eigenvalue weighted by molar-refractivity contribution is 7.01. The fourth-order valence-corrected chi connectivity index (χ4v) is 19.0. The maximum absolute atomic E-state index is 6.91. The van der Waals surface area contributed by atoms with Crippen LogP contribution in [-0.2, 0) is 12.3 Å². The maximum atomic E-state index is 6.91. The first kappa shape index (κ1) is 20.5.